The molecule has 4 nitrogen and oxygen atoms in total. The quantitative estimate of drug-likeness (QED) is 0.818. The van der Waals surface area contributed by atoms with Crippen LogP contribution in [0.3, 0.4) is 0 Å². The predicted octanol–water partition coefficient (Wildman–Crippen LogP) is 3.06. The third kappa shape index (κ3) is 3.60. The fraction of sp³-hybridized carbons (Fsp3) is 0.643. The zero-order valence-corrected chi connectivity index (χ0v) is 11.8. The van der Waals surface area contributed by atoms with E-state index in [9.17, 15) is 4.79 Å². The van der Waals surface area contributed by atoms with Gasteiger partial charge in [-0.1, -0.05) is 27.7 Å². The number of hydrogen-bond acceptors (Lipinski definition) is 3. The van der Waals surface area contributed by atoms with Crippen LogP contribution in [0.4, 0.5) is 0 Å². The summed E-state index contributed by atoms with van der Waals surface area (Å²) in [5.41, 5.74) is 1.12. The molecule has 4 heteroatoms. The fourth-order valence-electron chi connectivity index (χ4n) is 1.52. The minimum atomic E-state index is -1.02. The van der Waals surface area contributed by atoms with Crippen molar-refractivity contribution in [3.63, 3.8) is 0 Å². The van der Waals surface area contributed by atoms with E-state index < -0.39 is 5.97 Å². The van der Waals surface area contributed by atoms with Gasteiger partial charge in [-0.25, -0.2) is 4.79 Å². The number of nitrogens with one attached hydrogen (secondary N) is 1. The SMILES string of the molecule is Cc1oc(C(=O)O)cc1CNCC(C)(C)C(C)C. The molecule has 102 valence electrons. The van der Waals surface area contributed by atoms with Crippen molar-refractivity contribution in [2.45, 2.75) is 41.2 Å². The average Bonchev–Trinajstić information content (AvgIpc) is 2.60. The Morgan fingerprint density at radius 2 is 2.11 bits per heavy atom. The molecule has 0 atom stereocenters. The van der Waals surface area contributed by atoms with Gasteiger partial charge in [-0.15, -0.1) is 0 Å². The number of carboxylic acid groups (broad SMARTS) is 1. The van der Waals surface area contributed by atoms with Gasteiger partial charge in [0.15, 0.2) is 0 Å². The summed E-state index contributed by atoms with van der Waals surface area (Å²) in [5.74, 6) is 0.242. The molecule has 1 aromatic heterocycles. The van der Waals surface area contributed by atoms with Gasteiger partial charge in [-0.3, -0.25) is 0 Å². The number of carbonyl (C=O) groups is 1. The summed E-state index contributed by atoms with van der Waals surface area (Å²) in [5, 5.41) is 12.2. The first-order chi connectivity index (χ1) is 8.24. The van der Waals surface area contributed by atoms with Crippen LogP contribution in [0.1, 0.15) is 49.6 Å². The second-order valence-corrected chi connectivity index (χ2v) is 5.74. The first-order valence-electron chi connectivity index (χ1n) is 6.27. The standard InChI is InChI=1S/C14H23NO3/c1-9(2)14(4,5)8-15-7-11-6-12(13(16)17)18-10(11)3/h6,9,15H,7-8H2,1-5H3,(H,16,17). The van der Waals surface area contributed by atoms with Crippen LogP contribution < -0.4 is 5.32 Å². The molecule has 18 heavy (non-hydrogen) atoms. The topological polar surface area (TPSA) is 62.5 Å². The first kappa shape index (κ1) is 14.8. The van der Waals surface area contributed by atoms with Crippen LogP contribution in [-0.4, -0.2) is 17.6 Å². The summed E-state index contributed by atoms with van der Waals surface area (Å²) >= 11 is 0. The van der Waals surface area contributed by atoms with Crippen molar-refractivity contribution in [3.8, 4) is 0 Å². The van der Waals surface area contributed by atoms with Crippen molar-refractivity contribution < 1.29 is 14.3 Å². The number of aryl methyl sites for hydroxylation is 1. The van der Waals surface area contributed by atoms with E-state index in [1.54, 1.807) is 13.0 Å². The van der Waals surface area contributed by atoms with E-state index in [2.05, 4.69) is 33.0 Å². The normalized spacial score (nSPS) is 12.1. The van der Waals surface area contributed by atoms with E-state index in [0.717, 1.165) is 12.1 Å². The molecular weight excluding hydrogens is 230 g/mol. The summed E-state index contributed by atoms with van der Waals surface area (Å²) in [7, 11) is 0. The fourth-order valence-corrected chi connectivity index (χ4v) is 1.52. The van der Waals surface area contributed by atoms with Crippen LogP contribution in [0.5, 0.6) is 0 Å². The highest BCUT2D eigenvalue weighted by molar-refractivity contribution is 5.84. The lowest BCUT2D eigenvalue weighted by Gasteiger charge is -2.29. The van der Waals surface area contributed by atoms with Crippen LogP contribution in [-0.2, 0) is 6.54 Å². The molecule has 0 fully saturated rings. The van der Waals surface area contributed by atoms with Gasteiger partial charge >= 0.3 is 5.97 Å². The Morgan fingerprint density at radius 3 is 2.56 bits per heavy atom. The highest BCUT2D eigenvalue weighted by Gasteiger charge is 2.22. The third-order valence-corrected chi connectivity index (χ3v) is 3.69. The molecule has 0 aliphatic carbocycles. The number of furan rings is 1. The highest BCUT2D eigenvalue weighted by atomic mass is 16.4. The summed E-state index contributed by atoms with van der Waals surface area (Å²) in [6.07, 6.45) is 0. The average molecular weight is 253 g/mol. The Labute approximate surface area is 108 Å². The monoisotopic (exact) mass is 253 g/mol. The van der Waals surface area contributed by atoms with Gasteiger partial charge in [0.1, 0.15) is 5.76 Å². The summed E-state index contributed by atoms with van der Waals surface area (Å²) in [4.78, 5) is 10.8. The number of carboxylic acids is 1. The maximum Gasteiger partial charge on any atom is 0.371 e. The minimum Gasteiger partial charge on any atom is -0.475 e. The lowest BCUT2D eigenvalue weighted by Crippen LogP contribution is -2.33. The molecule has 0 aromatic carbocycles. The Balaban J connectivity index is 2.57. The largest absolute Gasteiger partial charge is 0.475 e. The molecule has 1 heterocycles. The van der Waals surface area contributed by atoms with Crippen molar-refractivity contribution in [3.05, 3.63) is 23.2 Å². The van der Waals surface area contributed by atoms with Crippen LogP contribution >= 0.6 is 0 Å². The molecule has 2 N–H and O–H groups in total. The predicted molar refractivity (Wildman–Crippen MR) is 70.7 cm³/mol. The number of rotatable bonds is 6. The zero-order chi connectivity index (χ0) is 13.9. The van der Waals surface area contributed by atoms with Crippen LogP contribution in [0.25, 0.3) is 0 Å². The Bertz CT molecular complexity index is 419. The van der Waals surface area contributed by atoms with E-state index in [4.69, 9.17) is 9.52 Å². The maximum absolute atomic E-state index is 10.8. The number of aromatic carboxylic acids is 1. The molecule has 0 radical (unpaired) electrons. The Hall–Kier alpha value is -1.29. The van der Waals surface area contributed by atoms with Gasteiger partial charge < -0.3 is 14.8 Å². The van der Waals surface area contributed by atoms with Crippen LogP contribution in [0, 0.1) is 18.3 Å². The molecule has 0 unspecified atom stereocenters. The summed E-state index contributed by atoms with van der Waals surface area (Å²) < 4.78 is 5.17. The van der Waals surface area contributed by atoms with Crippen molar-refractivity contribution >= 4 is 5.97 Å². The molecule has 0 saturated carbocycles. The van der Waals surface area contributed by atoms with E-state index in [0.29, 0.717) is 18.2 Å². The van der Waals surface area contributed by atoms with Crippen LogP contribution in [0.2, 0.25) is 0 Å². The second-order valence-electron chi connectivity index (χ2n) is 5.74. The highest BCUT2D eigenvalue weighted by Crippen LogP contribution is 2.25. The number of hydrogen-bond donors (Lipinski definition) is 2. The van der Waals surface area contributed by atoms with Gasteiger partial charge in [0.25, 0.3) is 0 Å². The van der Waals surface area contributed by atoms with E-state index in [1.807, 2.05) is 0 Å². The molecule has 0 bridgehead atoms. The van der Waals surface area contributed by atoms with Crippen molar-refractivity contribution in [1.29, 1.82) is 0 Å². The lowest BCUT2D eigenvalue weighted by atomic mass is 9.81. The molecule has 0 amide bonds. The van der Waals surface area contributed by atoms with Gasteiger partial charge in [0.2, 0.25) is 5.76 Å². The van der Waals surface area contributed by atoms with Gasteiger partial charge in [0, 0.05) is 18.7 Å². The molecular formula is C14H23NO3. The molecule has 0 aliphatic rings. The van der Waals surface area contributed by atoms with Crippen molar-refractivity contribution in [1.82, 2.24) is 5.32 Å². The smallest absolute Gasteiger partial charge is 0.371 e. The third-order valence-electron chi connectivity index (χ3n) is 3.69. The Morgan fingerprint density at radius 1 is 1.50 bits per heavy atom. The van der Waals surface area contributed by atoms with E-state index in [-0.39, 0.29) is 11.2 Å². The van der Waals surface area contributed by atoms with Crippen molar-refractivity contribution in [2.75, 3.05) is 6.54 Å². The van der Waals surface area contributed by atoms with Gasteiger partial charge in [0.05, 0.1) is 0 Å². The van der Waals surface area contributed by atoms with E-state index in [1.165, 1.54) is 0 Å². The molecule has 0 spiro atoms. The molecule has 1 aromatic rings. The van der Waals surface area contributed by atoms with E-state index >= 15 is 0 Å². The minimum absolute atomic E-state index is 0.00687. The lowest BCUT2D eigenvalue weighted by molar-refractivity contribution is 0.0661. The van der Waals surface area contributed by atoms with Crippen LogP contribution in [0.15, 0.2) is 10.5 Å². The summed E-state index contributed by atoms with van der Waals surface area (Å²) in [6, 6.07) is 1.59. The molecule has 1 rings (SSSR count). The first-order valence-corrected chi connectivity index (χ1v) is 6.27. The van der Waals surface area contributed by atoms with Gasteiger partial charge in [-0.2, -0.15) is 0 Å². The maximum atomic E-state index is 10.8. The molecule has 0 saturated heterocycles. The zero-order valence-electron chi connectivity index (χ0n) is 11.8. The second kappa shape index (κ2) is 5.57. The van der Waals surface area contributed by atoms with Crippen molar-refractivity contribution in [2.24, 2.45) is 11.3 Å². The summed E-state index contributed by atoms with van der Waals surface area (Å²) in [6.45, 7) is 12.2. The molecule has 0 aliphatic heterocycles. The Kier molecular flexibility index (Phi) is 4.57. The van der Waals surface area contributed by atoms with Gasteiger partial charge in [-0.05, 0) is 24.3 Å².